The van der Waals surface area contributed by atoms with Crippen LogP contribution in [0.1, 0.15) is 74.6 Å². The van der Waals surface area contributed by atoms with Crippen LogP contribution in [0.15, 0.2) is 79.0 Å². The van der Waals surface area contributed by atoms with Crippen molar-refractivity contribution in [1.82, 2.24) is 14.8 Å². The molecule has 44 heavy (non-hydrogen) atoms. The smallest absolute Gasteiger partial charge is 0.326 e. The molecule has 0 spiro atoms. The van der Waals surface area contributed by atoms with Crippen LogP contribution < -0.4 is 10.1 Å². The van der Waals surface area contributed by atoms with Crippen molar-refractivity contribution in [2.24, 2.45) is 18.4 Å². The molecule has 0 unspecified atom stereocenters. The number of ether oxygens (including phenoxy) is 1. The number of carboxylic acid groups (broad SMARTS) is 1. The van der Waals surface area contributed by atoms with E-state index in [4.69, 9.17) is 4.74 Å². The van der Waals surface area contributed by atoms with E-state index in [-0.39, 0.29) is 17.4 Å². The van der Waals surface area contributed by atoms with E-state index < -0.39 is 29.4 Å². The number of aryl methyl sites for hydroxylation is 1. The van der Waals surface area contributed by atoms with Crippen molar-refractivity contribution in [2.75, 3.05) is 7.11 Å². The van der Waals surface area contributed by atoms with E-state index in [1.807, 2.05) is 78.5 Å². The number of hydrogen-bond acceptors (Lipinski definition) is 4. The Bertz CT molecular complexity index is 1660. The van der Waals surface area contributed by atoms with Crippen LogP contribution in [0.3, 0.4) is 0 Å². The van der Waals surface area contributed by atoms with Crippen LogP contribution in [-0.4, -0.2) is 45.6 Å². The number of carbonyl (C=O) groups excluding carboxylic acids is 1. The number of carboxylic acids is 1. The molecule has 5 rings (SSSR count). The van der Waals surface area contributed by atoms with Crippen molar-refractivity contribution in [3.05, 3.63) is 101 Å². The second kappa shape index (κ2) is 11.8. The summed E-state index contributed by atoms with van der Waals surface area (Å²) >= 11 is 0. The Labute approximate surface area is 260 Å². The first-order valence-electron chi connectivity index (χ1n) is 15.3. The molecule has 3 aromatic carbocycles. The SMILES string of the molecule is COc1ccc(C(C)(C)C)cc1CN[C@H]1[C@H](C(C)(C)C)[C@@H](C(=O)O)N(C(=O)c2cn(C)c3ccccc23)[C@H]1c1ccccc1. The number of amides is 1. The van der Waals surface area contributed by atoms with Gasteiger partial charge in [-0.3, -0.25) is 4.79 Å². The first-order valence-corrected chi connectivity index (χ1v) is 15.3. The Morgan fingerprint density at radius 2 is 1.59 bits per heavy atom. The largest absolute Gasteiger partial charge is 0.496 e. The van der Waals surface area contributed by atoms with Crippen molar-refractivity contribution < 1.29 is 19.4 Å². The predicted molar refractivity (Wildman–Crippen MR) is 175 cm³/mol. The van der Waals surface area contributed by atoms with Gasteiger partial charge in [0, 0.05) is 48.2 Å². The maximum atomic E-state index is 14.7. The summed E-state index contributed by atoms with van der Waals surface area (Å²) in [6.07, 6.45) is 1.82. The molecule has 4 atom stereocenters. The van der Waals surface area contributed by atoms with E-state index >= 15 is 0 Å². The van der Waals surface area contributed by atoms with Crippen LogP contribution >= 0.6 is 0 Å². The third-order valence-electron chi connectivity index (χ3n) is 9.10. The fourth-order valence-electron chi connectivity index (χ4n) is 6.97. The Morgan fingerprint density at radius 3 is 2.20 bits per heavy atom. The number of nitrogens with zero attached hydrogens (tertiary/aromatic N) is 2. The lowest BCUT2D eigenvalue weighted by atomic mass is 9.72. The standard InChI is InChI=1S/C37H45N3O4/c1-36(2,3)25-18-19-29(44-8)24(20-25)21-38-31-30(37(4,5)6)33(35(42)43)40(32(31)23-14-10-9-11-15-23)34(41)27-22-39(7)28-17-13-12-16-26(27)28/h9-20,22,30-33,38H,21H2,1-8H3,(H,42,43)/t30-,31-,32-,33-/m0/s1. The molecule has 4 aromatic rings. The number of carbonyl (C=O) groups is 2. The highest BCUT2D eigenvalue weighted by atomic mass is 16.5. The molecular formula is C37H45N3O4. The number of aromatic nitrogens is 1. The highest BCUT2D eigenvalue weighted by Crippen LogP contribution is 2.49. The third kappa shape index (κ3) is 5.73. The van der Waals surface area contributed by atoms with Crippen LogP contribution in [0.25, 0.3) is 10.9 Å². The lowest BCUT2D eigenvalue weighted by Gasteiger charge is -2.35. The molecule has 7 heteroatoms. The maximum Gasteiger partial charge on any atom is 0.326 e. The number of likely N-dealkylation sites (tertiary alicyclic amines) is 1. The molecule has 1 amide bonds. The molecule has 7 nitrogen and oxygen atoms in total. The molecule has 232 valence electrons. The van der Waals surface area contributed by atoms with Gasteiger partial charge >= 0.3 is 5.97 Å². The second-order valence-electron chi connectivity index (χ2n) is 14.1. The molecule has 1 aliphatic rings. The monoisotopic (exact) mass is 595 g/mol. The van der Waals surface area contributed by atoms with Gasteiger partial charge in [-0.1, -0.05) is 102 Å². The molecule has 1 saturated heterocycles. The minimum atomic E-state index is -1.05. The van der Waals surface area contributed by atoms with Crippen LogP contribution in [0.5, 0.6) is 5.75 Å². The molecule has 2 N–H and O–H groups in total. The zero-order valence-electron chi connectivity index (χ0n) is 27.1. The zero-order valence-corrected chi connectivity index (χ0v) is 27.1. The average Bonchev–Trinajstić information content (AvgIpc) is 3.51. The van der Waals surface area contributed by atoms with E-state index in [1.165, 1.54) is 5.56 Å². The summed E-state index contributed by atoms with van der Waals surface area (Å²) in [6, 6.07) is 21.9. The van der Waals surface area contributed by atoms with Gasteiger partial charge in [0.15, 0.2) is 0 Å². The summed E-state index contributed by atoms with van der Waals surface area (Å²) in [6.45, 7) is 13.2. The molecule has 2 heterocycles. The van der Waals surface area contributed by atoms with Gasteiger partial charge in [-0.2, -0.15) is 0 Å². The first kappa shape index (κ1) is 31.3. The Kier molecular flexibility index (Phi) is 8.38. The summed E-state index contributed by atoms with van der Waals surface area (Å²) in [5.41, 5.74) is 4.00. The van der Waals surface area contributed by atoms with Crippen LogP contribution in [0, 0.1) is 11.3 Å². The molecule has 1 fully saturated rings. The number of benzene rings is 3. The maximum absolute atomic E-state index is 14.7. The van der Waals surface area contributed by atoms with Gasteiger partial charge in [-0.25, -0.2) is 4.79 Å². The molecule has 1 aromatic heterocycles. The van der Waals surface area contributed by atoms with E-state index in [2.05, 4.69) is 59.0 Å². The fraction of sp³-hybridized carbons (Fsp3) is 0.405. The topological polar surface area (TPSA) is 83.8 Å². The average molecular weight is 596 g/mol. The number of hydrogen-bond donors (Lipinski definition) is 2. The normalized spacial score (nSPS) is 20.7. The summed E-state index contributed by atoms with van der Waals surface area (Å²) < 4.78 is 7.68. The molecule has 0 aliphatic carbocycles. The molecule has 0 bridgehead atoms. The molecule has 0 saturated carbocycles. The van der Waals surface area contributed by atoms with Crippen molar-refractivity contribution in [3.63, 3.8) is 0 Å². The Morgan fingerprint density at radius 1 is 0.932 bits per heavy atom. The highest BCUT2D eigenvalue weighted by Gasteiger charge is 2.58. The van der Waals surface area contributed by atoms with Gasteiger partial charge < -0.3 is 24.6 Å². The lowest BCUT2D eigenvalue weighted by Crippen LogP contribution is -2.48. The van der Waals surface area contributed by atoms with Gasteiger partial charge in [0.25, 0.3) is 5.91 Å². The quantitative estimate of drug-likeness (QED) is 0.241. The number of methoxy groups -OCH3 is 1. The lowest BCUT2D eigenvalue weighted by molar-refractivity contribution is -0.144. The van der Waals surface area contributed by atoms with Gasteiger partial charge in [-0.05, 0) is 34.1 Å². The van der Waals surface area contributed by atoms with E-state index in [0.29, 0.717) is 12.1 Å². The Balaban J connectivity index is 1.66. The summed E-state index contributed by atoms with van der Waals surface area (Å²) in [5.74, 6) is -0.920. The zero-order chi connectivity index (χ0) is 32.0. The van der Waals surface area contributed by atoms with Crippen molar-refractivity contribution in [3.8, 4) is 5.75 Å². The van der Waals surface area contributed by atoms with Gasteiger partial charge in [-0.15, -0.1) is 0 Å². The van der Waals surface area contributed by atoms with Crippen molar-refractivity contribution in [2.45, 2.75) is 71.6 Å². The minimum absolute atomic E-state index is 0.0506. The van der Waals surface area contributed by atoms with E-state index in [9.17, 15) is 14.7 Å². The van der Waals surface area contributed by atoms with Crippen LogP contribution in [-0.2, 0) is 23.8 Å². The number of fused-ring (bicyclic) bond motifs is 1. The van der Waals surface area contributed by atoms with Crippen molar-refractivity contribution in [1.29, 1.82) is 0 Å². The van der Waals surface area contributed by atoms with Gasteiger partial charge in [0.2, 0.25) is 0 Å². The van der Waals surface area contributed by atoms with Gasteiger partial charge in [0.05, 0.1) is 18.7 Å². The molecule has 1 aliphatic heterocycles. The predicted octanol–water partition coefficient (Wildman–Crippen LogP) is 6.96. The van der Waals surface area contributed by atoms with E-state index in [1.54, 1.807) is 12.0 Å². The fourth-order valence-corrected chi connectivity index (χ4v) is 6.97. The first-order chi connectivity index (χ1) is 20.7. The molecule has 0 radical (unpaired) electrons. The van der Waals surface area contributed by atoms with Crippen LogP contribution in [0.4, 0.5) is 0 Å². The summed E-state index contributed by atoms with van der Waals surface area (Å²) in [5, 5.41) is 15.4. The second-order valence-corrected chi connectivity index (χ2v) is 14.1. The number of rotatable bonds is 7. The summed E-state index contributed by atoms with van der Waals surface area (Å²) in [4.78, 5) is 29.6. The minimum Gasteiger partial charge on any atom is -0.496 e. The van der Waals surface area contributed by atoms with Crippen LogP contribution in [0.2, 0.25) is 0 Å². The number of aliphatic carboxylic acids is 1. The van der Waals surface area contributed by atoms with E-state index in [0.717, 1.165) is 27.8 Å². The molecular weight excluding hydrogens is 550 g/mol. The number of nitrogens with one attached hydrogen (secondary N) is 1. The summed E-state index contributed by atoms with van der Waals surface area (Å²) in [7, 11) is 3.58. The number of para-hydroxylation sites is 1. The Hall–Kier alpha value is -4.10. The third-order valence-corrected chi connectivity index (χ3v) is 9.10. The van der Waals surface area contributed by atoms with Crippen molar-refractivity contribution >= 4 is 22.8 Å². The van der Waals surface area contributed by atoms with Gasteiger partial charge in [0.1, 0.15) is 11.8 Å². The highest BCUT2D eigenvalue weighted by molar-refractivity contribution is 6.08.